The third-order valence-corrected chi connectivity index (χ3v) is 6.43. The predicted octanol–water partition coefficient (Wildman–Crippen LogP) is 2.68. The molecule has 1 aliphatic rings. The van der Waals surface area contributed by atoms with Gasteiger partial charge in [-0.3, -0.25) is 9.59 Å². The fourth-order valence-corrected chi connectivity index (χ4v) is 4.17. The minimum atomic E-state index is -4.23. The van der Waals surface area contributed by atoms with Crippen molar-refractivity contribution >= 4 is 62.3 Å². The summed E-state index contributed by atoms with van der Waals surface area (Å²) in [7, 11) is -4.23. The van der Waals surface area contributed by atoms with Crippen LogP contribution in [-0.2, 0) is 14.8 Å². The van der Waals surface area contributed by atoms with Gasteiger partial charge in [0.05, 0.1) is 10.6 Å². The number of hydrogen-bond donors (Lipinski definition) is 2. The van der Waals surface area contributed by atoms with Gasteiger partial charge in [0.1, 0.15) is 15.1 Å². The summed E-state index contributed by atoms with van der Waals surface area (Å²) in [5.41, 5.74) is -0.0876. The van der Waals surface area contributed by atoms with Gasteiger partial charge in [0.15, 0.2) is 11.8 Å². The first-order valence-electron chi connectivity index (χ1n) is 7.22. The van der Waals surface area contributed by atoms with Crippen molar-refractivity contribution in [2.24, 2.45) is 0 Å². The third kappa shape index (κ3) is 3.50. The van der Waals surface area contributed by atoms with Gasteiger partial charge < -0.3 is 10.1 Å². The zero-order chi connectivity index (χ0) is 19.1. The maximum atomic E-state index is 12.4. The summed E-state index contributed by atoms with van der Waals surface area (Å²) >= 11 is 12.3. The largest absolute Gasteiger partial charge is 0.478 e. The van der Waals surface area contributed by atoms with E-state index in [-0.39, 0.29) is 31.5 Å². The normalized spacial score (nSPS) is 16.4. The number of fused-ring (bicyclic) bond motifs is 1. The van der Waals surface area contributed by atoms with Crippen LogP contribution in [0.5, 0.6) is 5.75 Å². The van der Waals surface area contributed by atoms with Crippen molar-refractivity contribution in [3.05, 3.63) is 33.3 Å². The van der Waals surface area contributed by atoms with E-state index in [1.165, 1.54) is 18.2 Å². The Kier molecular flexibility index (Phi) is 5.11. The van der Waals surface area contributed by atoms with Crippen LogP contribution in [0.4, 0.5) is 5.69 Å². The van der Waals surface area contributed by atoms with E-state index in [0.717, 1.165) is 11.5 Å². The van der Waals surface area contributed by atoms with E-state index in [1.54, 1.807) is 6.92 Å². The molecule has 0 fully saturated rings. The van der Waals surface area contributed by atoms with Gasteiger partial charge in [-0.15, -0.1) is 0 Å². The van der Waals surface area contributed by atoms with Crippen molar-refractivity contribution in [3.63, 3.8) is 0 Å². The van der Waals surface area contributed by atoms with Gasteiger partial charge in [-0.1, -0.05) is 30.1 Å². The van der Waals surface area contributed by atoms with Gasteiger partial charge in [-0.05, 0) is 36.2 Å². The molecule has 2 N–H and O–H groups in total. The second kappa shape index (κ2) is 7.03. The molecule has 1 aromatic carbocycles. The third-order valence-electron chi connectivity index (χ3n) is 3.49. The molecule has 138 valence electrons. The number of carbonyl (C=O) groups excluding carboxylic acids is 2. The van der Waals surface area contributed by atoms with Crippen molar-refractivity contribution in [2.75, 3.05) is 5.32 Å². The Morgan fingerprint density at radius 1 is 1.42 bits per heavy atom. The molecule has 0 saturated carbocycles. The number of sulfonamides is 1. The highest BCUT2D eigenvalue weighted by Gasteiger charge is 2.29. The van der Waals surface area contributed by atoms with Gasteiger partial charge in [0.2, 0.25) is 0 Å². The maximum absolute atomic E-state index is 12.4. The molecule has 0 radical (unpaired) electrons. The molecule has 0 unspecified atom stereocenters. The minimum Gasteiger partial charge on any atom is -0.478 e. The zero-order valence-corrected chi connectivity index (χ0v) is 16.2. The lowest BCUT2D eigenvalue weighted by atomic mass is 10.2. The van der Waals surface area contributed by atoms with Gasteiger partial charge in [0.25, 0.3) is 21.8 Å². The van der Waals surface area contributed by atoms with Crippen LogP contribution >= 0.6 is 34.7 Å². The first-order chi connectivity index (χ1) is 12.2. The van der Waals surface area contributed by atoms with E-state index in [4.69, 9.17) is 27.9 Å². The lowest BCUT2D eigenvalue weighted by Crippen LogP contribution is -2.36. The fraction of sp³-hybridized carbons (Fsp3) is 0.214. The number of ether oxygens (including phenoxy) is 1. The van der Waals surface area contributed by atoms with Gasteiger partial charge in [-0.2, -0.15) is 4.37 Å². The quantitative estimate of drug-likeness (QED) is 0.762. The first kappa shape index (κ1) is 18.9. The molecular weight excluding hydrogens is 425 g/mol. The second-order valence-corrected chi connectivity index (χ2v) is 8.65. The second-order valence-electron chi connectivity index (χ2n) is 5.22. The number of aromatic nitrogens is 1. The molecule has 8 nitrogen and oxygen atoms in total. The summed E-state index contributed by atoms with van der Waals surface area (Å²) in [4.78, 5) is 23.7. The molecule has 3 rings (SSSR count). The summed E-state index contributed by atoms with van der Waals surface area (Å²) in [6.07, 6.45) is -0.167. The summed E-state index contributed by atoms with van der Waals surface area (Å²) in [5, 5.41) is 2.46. The molecule has 0 aliphatic carbocycles. The van der Waals surface area contributed by atoms with Crippen molar-refractivity contribution in [1.29, 1.82) is 0 Å². The van der Waals surface area contributed by atoms with E-state index < -0.39 is 22.0 Å². The molecule has 1 aromatic heterocycles. The Hall–Kier alpha value is -1.88. The summed E-state index contributed by atoms with van der Waals surface area (Å²) in [6.45, 7) is 1.79. The lowest BCUT2D eigenvalue weighted by molar-refractivity contribution is -0.123. The van der Waals surface area contributed by atoms with Gasteiger partial charge in [-0.25, -0.2) is 13.1 Å². The van der Waals surface area contributed by atoms with Crippen molar-refractivity contribution in [2.45, 2.75) is 24.3 Å². The number of anilines is 1. The minimum absolute atomic E-state index is 0.0772. The van der Waals surface area contributed by atoms with E-state index >= 15 is 0 Å². The molecular formula is C14H11Cl2N3O5S2. The lowest BCUT2D eigenvalue weighted by Gasteiger charge is -2.25. The number of rotatable bonds is 4. The van der Waals surface area contributed by atoms with E-state index in [0.29, 0.717) is 12.2 Å². The molecule has 1 aliphatic heterocycles. The molecule has 26 heavy (non-hydrogen) atoms. The van der Waals surface area contributed by atoms with Crippen molar-refractivity contribution in [1.82, 2.24) is 9.10 Å². The van der Waals surface area contributed by atoms with E-state index in [1.807, 2.05) is 4.72 Å². The van der Waals surface area contributed by atoms with Crippen LogP contribution in [0, 0.1) is 0 Å². The maximum Gasteiger partial charge on any atom is 0.286 e. The Bertz CT molecular complexity index is 1010. The molecule has 2 aromatic rings. The molecule has 0 spiro atoms. The van der Waals surface area contributed by atoms with Crippen molar-refractivity contribution in [3.8, 4) is 5.75 Å². The molecule has 2 heterocycles. The van der Waals surface area contributed by atoms with Gasteiger partial charge >= 0.3 is 0 Å². The Morgan fingerprint density at radius 3 is 2.77 bits per heavy atom. The number of amides is 2. The summed E-state index contributed by atoms with van der Waals surface area (Å²) in [5.74, 6) is -1.04. The number of hydrogen-bond acceptors (Lipinski definition) is 7. The van der Waals surface area contributed by atoms with Crippen LogP contribution < -0.4 is 14.8 Å². The molecule has 0 saturated heterocycles. The number of benzene rings is 1. The van der Waals surface area contributed by atoms with E-state index in [2.05, 4.69) is 9.69 Å². The Labute approximate surface area is 162 Å². The average molecular weight is 436 g/mol. The Balaban J connectivity index is 1.86. The fourth-order valence-electron chi connectivity index (χ4n) is 2.19. The Morgan fingerprint density at radius 2 is 2.15 bits per heavy atom. The zero-order valence-electron chi connectivity index (χ0n) is 13.1. The van der Waals surface area contributed by atoms with Crippen LogP contribution in [0.15, 0.2) is 23.1 Å². The number of carbonyl (C=O) groups is 2. The van der Waals surface area contributed by atoms with E-state index in [9.17, 15) is 18.0 Å². The van der Waals surface area contributed by atoms with Crippen LogP contribution in [-0.4, -0.2) is 30.7 Å². The summed E-state index contributed by atoms with van der Waals surface area (Å²) < 4.78 is 36.0. The molecule has 0 bridgehead atoms. The topological polar surface area (TPSA) is 114 Å². The number of nitrogens with zero attached hydrogens (tertiary/aromatic N) is 1. The van der Waals surface area contributed by atoms with Crippen LogP contribution in [0.25, 0.3) is 0 Å². The highest BCUT2D eigenvalue weighted by Crippen LogP contribution is 2.33. The SMILES string of the molecule is CC[C@@H]1Oc2ccc(S(=O)(=O)NC(=O)c3nsc(Cl)c3Cl)cc2NC1=O. The van der Waals surface area contributed by atoms with Gasteiger partial charge in [0, 0.05) is 0 Å². The number of nitrogens with one attached hydrogen (secondary N) is 2. The van der Waals surface area contributed by atoms with Crippen molar-refractivity contribution < 1.29 is 22.7 Å². The monoisotopic (exact) mass is 435 g/mol. The van der Waals surface area contributed by atoms with Crippen LogP contribution in [0.2, 0.25) is 9.36 Å². The van der Waals surface area contributed by atoms with Crippen LogP contribution in [0.3, 0.4) is 0 Å². The summed E-state index contributed by atoms with van der Waals surface area (Å²) in [6, 6.07) is 3.86. The standard InChI is InChI=1S/C14H11Cl2N3O5S2/c1-2-8-13(20)17-7-5-6(3-4-9(7)24-8)26(22,23)19-14(21)11-10(15)12(16)25-18-11/h3-5,8H,2H2,1H3,(H,17,20)(H,19,21)/t8-/m0/s1. The first-order valence-corrected chi connectivity index (χ1v) is 10.2. The predicted molar refractivity (Wildman–Crippen MR) is 96.6 cm³/mol. The molecule has 12 heteroatoms. The number of halogens is 2. The highest BCUT2D eigenvalue weighted by atomic mass is 35.5. The average Bonchev–Trinajstić information content (AvgIpc) is 2.92. The highest BCUT2D eigenvalue weighted by molar-refractivity contribution is 7.90. The smallest absolute Gasteiger partial charge is 0.286 e. The van der Waals surface area contributed by atoms with Crippen LogP contribution in [0.1, 0.15) is 23.8 Å². The molecule has 1 atom stereocenters. The molecule has 2 amide bonds.